The molecular formula is C16H21N3O2. The molecule has 1 saturated heterocycles. The maximum absolute atomic E-state index is 12.0. The number of nitrogens with one attached hydrogen (secondary N) is 1. The maximum atomic E-state index is 12.0. The van der Waals surface area contributed by atoms with Gasteiger partial charge in [0.05, 0.1) is 13.1 Å². The van der Waals surface area contributed by atoms with Crippen molar-refractivity contribution in [1.82, 2.24) is 15.2 Å². The molecule has 3 rings (SSSR count). The molecular weight excluding hydrogens is 266 g/mol. The van der Waals surface area contributed by atoms with E-state index in [9.17, 15) is 4.79 Å². The number of amides is 1. The lowest BCUT2D eigenvalue weighted by Gasteiger charge is -2.30. The lowest BCUT2D eigenvalue weighted by Crippen LogP contribution is -2.41. The molecule has 5 heteroatoms. The van der Waals surface area contributed by atoms with Gasteiger partial charge in [0.1, 0.15) is 5.52 Å². The molecule has 5 nitrogen and oxygen atoms in total. The minimum absolute atomic E-state index is 0.0337. The first kappa shape index (κ1) is 14.1. The fraction of sp³-hybridized carbons (Fsp3) is 0.500. The second-order valence-electron chi connectivity index (χ2n) is 5.83. The number of hydrogen-bond acceptors (Lipinski definition) is 4. The Kier molecular flexibility index (Phi) is 4.20. The zero-order chi connectivity index (χ0) is 14.7. The number of piperidine rings is 1. The molecule has 1 atom stereocenters. The topological polar surface area (TPSA) is 58.4 Å². The number of para-hydroxylation sites is 2. The van der Waals surface area contributed by atoms with Gasteiger partial charge in [-0.1, -0.05) is 19.1 Å². The van der Waals surface area contributed by atoms with Gasteiger partial charge in [-0.25, -0.2) is 4.98 Å². The highest BCUT2D eigenvalue weighted by molar-refractivity contribution is 5.78. The number of carbonyl (C=O) groups excluding carboxylic acids is 1. The quantitative estimate of drug-likeness (QED) is 0.936. The summed E-state index contributed by atoms with van der Waals surface area (Å²) in [6, 6.07) is 7.61. The summed E-state index contributed by atoms with van der Waals surface area (Å²) in [5.74, 6) is 1.27. The van der Waals surface area contributed by atoms with Crippen molar-refractivity contribution in [1.29, 1.82) is 0 Å². The first-order chi connectivity index (χ1) is 10.2. The van der Waals surface area contributed by atoms with Crippen LogP contribution in [0, 0.1) is 5.92 Å². The van der Waals surface area contributed by atoms with Crippen LogP contribution in [0.5, 0.6) is 0 Å². The van der Waals surface area contributed by atoms with Gasteiger partial charge in [0.2, 0.25) is 11.8 Å². The van der Waals surface area contributed by atoms with Gasteiger partial charge in [-0.2, -0.15) is 0 Å². The van der Waals surface area contributed by atoms with Crippen molar-refractivity contribution < 1.29 is 9.21 Å². The van der Waals surface area contributed by atoms with Gasteiger partial charge in [-0.15, -0.1) is 0 Å². The van der Waals surface area contributed by atoms with Gasteiger partial charge in [0.15, 0.2) is 5.58 Å². The van der Waals surface area contributed by atoms with Gasteiger partial charge in [0, 0.05) is 6.54 Å². The molecule has 0 unspecified atom stereocenters. The predicted octanol–water partition coefficient (Wildman–Crippen LogP) is 2.18. The van der Waals surface area contributed by atoms with E-state index in [2.05, 4.69) is 22.1 Å². The molecule has 1 amide bonds. The lowest BCUT2D eigenvalue weighted by atomic mass is 10.0. The Balaban J connectivity index is 1.51. The Morgan fingerprint density at radius 3 is 3.14 bits per heavy atom. The van der Waals surface area contributed by atoms with Crippen LogP contribution in [-0.2, 0) is 11.3 Å². The van der Waals surface area contributed by atoms with Crippen molar-refractivity contribution in [2.75, 3.05) is 19.6 Å². The Hall–Kier alpha value is -1.88. The number of likely N-dealkylation sites (tertiary alicyclic amines) is 1. The summed E-state index contributed by atoms with van der Waals surface area (Å²) < 4.78 is 5.59. The normalized spacial score (nSPS) is 19.8. The van der Waals surface area contributed by atoms with Crippen LogP contribution in [0.2, 0.25) is 0 Å². The molecule has 0 bridgehead atoms. The number of rotatable bonds is 4. The summed E-state index contributed by atoms with van der Waals surface area (Å²) in [5.41, 5.74) is 1.58. The van der Waals surface area contributed by atoms with E-state index in [0.29, 0.717) is 24.9 Å². The molecule has 1 fully saturated rings. The molecule has 1 aliphatic rings. The minimum Gasteiger partial charge on any atom is -0.439 e. The fourth-order valence-electron chi connectivity index (χ4n) is 2.86. The molecule has 0 aliphatic carbocycles. The number of benzene rings is 1. The Morgan fingerprint density at radius 2 is 2.33 bits per heavy atom. The number of nitrogens with zero attached hydrogens (tertiary/aromatic N) is 2. The molecule has 0 saturated carbocycles. The Bertz CT molecular complexity index is 590. The van der Waals surface area contributed by atoms with Crippen molar-refractivity contribution in [2.45, 2.75) is 26.3 Å². The molecule has 1 aliphatic heterocycles. The molecule has 1 aromatic carbocycles. The van der Waals surface area contributed by atoms with Crippen molar-refractivity contribution in [3.63, 3.8) is 0 Å². The number of fused-ring (bicyclic) bond motifs is 1. The van der Waals surface area contributed by atoms with Crippen molar-refractivity contribution in [3.8, 4) is 0 Å². The van der Waals surface area contributed by atoms with Crippen LogP contribution in [0.1, 0.15) is 25.7 Å². The number of oxazole rings is 1. The van der Waals surface area contributed by atoms with Crippen LogP contribution >= 0.6 is 0 Å². The number of carbonyl (C=O) groups is 1. The summed E-state index contributed by atoms with van der Waals surface area (Å²) in [6.45, 7) is 5.07. The van der Waals surface area contributed by atoms with Crippen LogP contribution in [0.15, 0.2) is 28.7 Å². The minimum atomic E-state index is 0.0337. The fourth-order valence-corrected chi connectivity index (χ4v) is 2.86. The van der Waals surface area contributed by atoms with Gasteiger partial charge < -0.3 is 9.73 Å². The molecule has 0 radical (unpaired) electrons. The van der Waals surface area contributed by atoms with E-state index in [0.717, 1.165) is 24.2 Å². The average molecular weight is 287 g/mol. The lowest BCUT2D eigenvalue weighted by molar-refractivity contribution is -0.122. The molecule has 0 spiro atoms. The molecule has 2 heterocycles. The average Bonchev–Trinajstić information content (AvgIpc) is 2.88. The predicted molar refractivity (Wildman–Crippen MR) is 80.7 cm³/mol. The first-order valence-corrected chi connectivity index (χ1v) is 7.54. The third-order valence-electron chi connectivity index (χ3n) is 3.88. The van der Waals surface area contributed by atoms with Crippen molar-refractivity contribution >= 4 is 17.0 Å². The van der Waals surface area contributed by atoms with E-state index < -0.39 is 0 Å². The standard InChI is InChI=1S/C16H21N3O2/c1-12-5-4-8-19(10-12)11-15(20)17-9-16-18-13-6-2-3-7-14(13)21-16/h2-3,6-7,12H,4-5,8-11H2,1H3,(H,17,20)/t12-/m0/s1. The van der Waals surface area contributed by atoms with E-state index in [1.807, 2.05) is 24.3 Å². The van der Waals surface area contributed by atoms with E-state index in [-0.39, 0.29) is 5.91 Å². The van der Waals surface area contributed by atoms with E-state index in [1.165, 1.54) is 12.8 Å². The van der Waals surface area contributed by atoms with Gasteiger partial charge in [-0.05, 0) is 37.4 Å². The van der Waals surface area contributed by atoms with Crippen LogP contribution in [-0.4, -0.2) is 35.4 Å². The summed E-state index contributed by atoms with van der Waals surface area (Å²) in [6.07, 6.45) is 2.45. The number of aromatic nitrogens is 1. The highest BCUT2D eigenvalue weighted by Crippen LogP contribution is 2.15. The Morgan fingerprint density at radius 1 is 1.48 bits per heavy atom. The van der Waals surface area contributed by atoms with Gasteiger partial charge >= 0.3 is 0 Å². The van der Waals surface area contributed by atoms with Crippen LogP contribution in [0.25, 0.3) is 11.1 Å². The third kappa shape index (κ3) is 3.61. The second-order valence-corrected chi connectivity index (χ2v) is 5.83. The number of hydrogen-bond donors (Lipinski definition) is 1. The van der Waals surface area contributed by atoms with Crippen molar-refractivity contribution in [3.05, 3.63) is 30.2 Å². The first-order valence-electron chi connectivity index (χ1n) is 7.54. The van der Waals surface area contributed by atoms with E-state index in [1.54, 1.807) is 0 Å². The maximum Gasteiger partial charge on any atom is 0.234 e. The summed E-state index contributed by atoms with van der Waals surface area (Å²) in [4.78, 5) is 18.6. The summed E-state index contributed by atoms with van der Waals surface area (Å²) in [5, 5.41) is 2.89. The van der Waals surface area contributed by atoms with Gasteiger partial charge in [-0.3, -0.25) is 9.69 Å². The Labute approximate surface area is 124 Å². The summed E-state index contributed by atoms with van der Waals surface area (Å²) in [7, 11) is 0. The second kappa shape index (κ2) is 6.26. The van der Waals surface area contributed by atoms with E-state index >= 15 is 0 Å². The summed E-state index contributed by atoms with van der Waals surface area (Å²) >= 11 is 0. The SMILES string of the molecule is C[C@H]1CCCN(CC(=O)NCc2nc3ccccc3o2)C1. The van der Waals surface area contributed by atoms with Crippen molar-refractivity contribution in [2.24, 2.45) is 5.92 Å². The van der Waals surface area contributed by atoms with Crippen LogP contribution < -0.4 is 5.32 Å². The zero-order valence-electron chi connectivity index (χ0n) is 12.3. The van der Waals surface area contributed by atoms with E-state index in [4.69, 9.17) is 4.42 Å². The zero-order valence-corrected chi connectivity index (χ0v) is 12.3. The largest absolute Gasteiger partial charge is 0.439 e. The highest BCUT2D eigenvalue weighted by Gasteiger charge is 2.18. The molecule has 1 aromatic heterocycles. The molecule has 1 N–H and O–H groups in total. The molecule has 21 heavy (non-hydrogen) atoms. The third-order valence-corrected chi connectivity index (χ3v) is 3.88. The van der Waals surface area contributed by atoms with Gasteiger partial charge in [0.25, 0.3) is 0 Å². The monoisotopic (exact) mass is 287 g/mol. The van der Waals surface area contributed by atoms with Crippen LogP contribution in [0.4, 0.5) is 0 Å². The smallest absolute Gasteiger partial charge is 0.234 e. The molecule has 2 aromatic rings. The van der Waals surface area contributed by atoms with Crippen LogP contribution in [0.3, 0.4) is 0 Å². The molecule has 112 valence electrons. The highest BCUT2D eigenvalue weighted by atomic mass is 16.3.